The molecular formula is C15H15BrOS2. The molecule has 1 nitrogen and oxygen atoms in total. The number of aliphatic hydroxyl groups excluding tert-OH is 1. The molecule has 0 aromatic heterocycles. The normalized spacial score (nSPS) is 14.1. The fourth-order valence-electron chi connectivity index (χ4n) is 1.50. The number of hydrogen-bond donors (Lipinski definition) is 1. The molecule has 2 aromatic rings. The van der Waals surface area contributed by atoms with Crippen molar-refractivity contribution in [2.24, 2.45) is 0 Å². The zero-order valence-corrected chi connectivity index (χ0v) is 13.7. The Morgan fingerprint density at radius 2 is 1.42 bits per heavy atom. The lowest BCUT2D eigenvalue weighted by Gasteiger charge is -2.19. The second-order valence-corrected chi connectivity index (χ2v) is 7.76. The summed E-state index contributed by atoms with van der Waals surface area (Å²) in [5.41, 5.74) is 0. The molecule has 0 heterocycles. The Bertz CT molecular complexity index is 499. The fourth-order valence-corrected chi connectivity index (χ4v) is 4.16. The molecule has 0 aliphatic heterocycles. The van der Waals surface area contributed by atoms with Crippen LogP contribution < -0.4 is 0 Å². The van der Waals surface area contributed by atoms with Gasteiger partial charge in [-0.25, -0.2) is 0 Å². The van der Waals surface area contributed by atoms with Gasteiger partial charge in [-0.3, -0.25) is 0 Å². The maximum absolute atomic E-state index is 9.94. The van der Waals surface area contributed by atoms with E-state index in [1.807, 2.05) is 37.3 Å². The van der Waals surface area contributed by atoms with Crippen LogP contribution in [0.5, 0.6) is 0 Å². The smallest absolute Gasteiger partial charge is 0.0852 e. The summed E-state index contributed by atoms with van der Waals surface area (Å²) in [7, 11) is 0. The van der Waals surface area contributed by atoms with Crippen molar-refractivity contribution in [2.75, 3.05) is 0 Å². The predicted octanol–water partition coefficient (Wildman–Crippen LogP) is 5.04. The number of rotatable bonds is 5. The molecule has 0 amide bonds. The summed E-state index contributed by atoms with van der Waals surface area (Å²) >= 11 is 6.82. The minimum atomic E-state index is -0.376. The largest absolute Gasteiger partial charge is 0.391 e. The number of halogens is 1. The highest BCUT2D eigenvalue weighted by molar-refractivity contribution is 9.10. The van der Waals surface area contributed by atoms with Crippen molar-refractivity contribution >= 4 is 39.5 Å². The van der Waals surface area contributed by atoms with Gasteiger partial charge in [-0.1, -0.05) is 34.1 Å². The standard InChI is InChI=1S/C15H15BrOS2/c1-11(17)15(18-13-5-3-2-4-6-13)19-14-9-7-12(16)8-10-14/h2-11,15,17H,1H3. The van der Waals surface area contributed by atoms with Crippen LogP contribution in [0.4, 0.5) is 0 Å². The van der Waals surface area contributed by atoms with Crippen molar-refractivity contribution in [1.29, 1.82) is 0 Å². The minimum Gasteiger partial charge on any atom is -0.391 e. The van der Waals surface area contributed by atoms with Gasteiger partial charge < -0.3 is 5.11 Å². The molecule has 1 N–H and O–H groups in total. The molecule has 2 atom stereocenters. The van der Waals surface area contributed by atoms with Crippen LogP contribution in [0.2, 0.25) is 0 Å². The Balaban J connectivity index is 2.06. The Kier molecular flexibility index (Phi) is 5.82. The number of hydrogen-bond acceptors (Lipinski definition) is 3. The van der Waals surface area contributed by atoms with Gasteiger partial charge in [-0.15, -0.1) is 23.5 Å². The van der Waals surface area contributed by atoms with E-state index in [0.29, 0.717) is 0 Å². The van der Waals surface area contributed by atoms with Gasteiger partial charge >= 0.3 is 0 Å². The zero-order chi connectivity index (χ0) is 13.7. The molecule has 0 aliphatic rings. The van der Waals surface area contributed by atoms with Gasteiger partial charge in [-0.05, 0) is 43.3 Å². The van der Waals surface area contributed by atoms with E-state index in [0.717, 1.165) is 9.37 Å². The highest BCUT2D eigenvalue weighted by atomic mass is 79.9. The molecule has 0 fully saturated rings. The SMILES string of the molecule is CC(O)C(Sc1ccccc1)Sc1ccc(Br)cc1. The Hall–Kier alpha value is -0.420. The van der Waals surface area contributed by atoms with Crippen LogP contribution in [0.1, 0.15) is 6.92 Å². The van der Waals surface area contributed by atoms with Gasteiger partial charge in [0.25, 0.3) is 0 Å². The summed E-state index contributed by atoms with van der Waals surface area (Å²) < 4.78 is 1.16. The summed E-state index contributed by atoms with van der Waals surface area (Å²) in [6.07, 6.45) is -0.376. The maximum Gasteiger partial charge on any atom is 0.0852 e. The molecule has 100 valence electrons. The highest BCUT2D eigenvalue weighted by Crippen LogP contribution is 2.37. The summed E-state index contributed by atoms with van der Waals surface area (Å²) in [4.78, 5) is 2.34. The molecule has 2 unspecified atom stereocenters. The molecule has 2 rings (SSSR count). The summed E-state index contributed by atoms with van der Waals surface area (Å²) in [6.45, 7) is 1.84. The van der Waals surface area contributed by atoms with E-state index in [9.17, 15) is 5.11 Å². The van der Waals surface area contributed by atoms with Crippen LogP contribution in [-0.4, -0.2) is 15.8 Å². The minimum absolute atomic E-state index is 0.0866. The van der Waals surface area contributed by atoms with Gasteiger partial charge in [0.2, 0.25) is 0 Å². The van der Waals surface area contributed by atoms with E-state index in [-0.39, 0.29) is 10.7 Å². The van der Waals surface area contributed by atoms with Gasteiger partial charge in [0.05, 0.1) is 10.7 Å². The van der Waals surface area contributed by atoms with Crippen LogP contribution in [0.25, 0.3) is 0 Å². The first kappa shape index (κ1) is 15.0. The highest BCUT2D eigenvalue weighted by Gasteiger charge is 2.17. The number of thioether (sulfide) groups is 2. The number of aliphatic hydroxyl groups is 1. The zero-order valence-electron chi connectivity index (χ0n) is 10.5. The summed E-state index contributed by atoms with van der Waals surface area (Å²) in [5, 5.41) is 9.94. The lowest BCUT2D eigenvalue weighted by Crippen LogP contribution is -2.15. The van der Waals surface area contributed by atoms with E-state index in [4.69, 9.17) is 0 Å². The molecule has 2 aromatic carbocycles. The third-order valence-corrected chi connectivity index (χ3v) is 5.90. The lowest BCUT2D eigenvalue weighted by atomic mass is 10.4. The predicted molar refractivity (Wildman–Crippen MR) is 87.8 cm³/mol. The monoisotopic (exact) mass is 354 g/mol. The van der Waals surface area contributed by atoms with Gasteiger partial charge in [0.15, 0.2) is 0 Å². The maximum atomic E-state index is 9.94. The summed E-state index contributed by atoms with van der Waals surface area (Å²) in [6, 6.07) is 18.4. The number of benzene rings is 2. The van der Waals surface area contributed by atoms with E-state index in [1.54, 1.807) is 23.5 Å². The van der Waals surface area contributed by atoms with Crippen LogP contribution in [0, 0.1) is 0 Å². The first-order valence-corrected chi connectivity index (χ1v) is 8.52. The van der Waals surface area contributed by atoms with E-state index >= 15 is 0 Å². The van der Waals surface area contributed by atoms with E-state index in [1.165, 1.54) is 4.90 Å². The van der Waals surface area contributed by atoms with Crippen LogP contribution in [0.15, 0.2) is 68.9 Å². The topological polar surface area (TPSA) is 20.2 Å². The van der Waals surface area contributed by atoms with Crippen LogP contribution in [-0.2, 0) is 0 Å². The van der Waals surface area contributed by atoms with Crippen molar-refractivity contribution in [3.63, 3.8) is 0 Å². The fraction of sp³-hybridized carbons (Fsp3) is 0.200. The van der Waals surface area contributed by atoms with Crippen molar-refractivity contribution < 1.29 is 5.11 Å². The van der Waals surface area contributed by atoms with Crippen molar-refractivity contribution in [3.8, 4) is 0 Å². The van der Waals surface area contributed by atoms with Crippen molar-refractivity contribution in [3.05, 3.63) is 59.1 Å². The van der Waals surface area contributed by atoms with Gasteiger partial charge in [0.1, 0.15) is 0 Å². The third kappa shape index (κ3) is 4.88. The Labute approximate surface area is 130 Å². The van der Waals surface area contributed by atoms with Crippen molar-refractivity contribution in [2.45, 2.75) is 27.4 Å². The molecule has 0 saturated heterocycles. The van der Waals surface area contributed by atoms with Crippen LogP contribution >= 0.6 is 39.5 Å². The van der Waals surface area contributed by atoms with E-state index < -0.39 is 0 Å². The molecule has 0 spiro atoms. The Morgan fingerprint density at radius 1 is 0.895 bits per heavy atom. The average Bonchev–Trinajstić information content (AvgIpc) is 2.41. The molecule has 0 radical (unpaired) electrons. The first-order valence-electron chi connectivity index (χ1n) is 5.97. The van der Waals surface area contributed by atoms with Gasteiger partial charge in [-0.2, -0.15) is 0 Å². The Morgan fingerprint density at radius 3 is 1.95 bits per heavy atom. The lowest BCUT2D eigenvalue weighted by molar-refractivity contribution is 0.213. The van der Waals surface area contributed by atoms with Crippen LogP contribution in [0.3, 0.4) is 0 Å². The molecular weight excluding hydrogens is 340 g/mol. The summed E-state index contributed by atoms with van der Waals surface area (Å²) in [5.74, 6) is 0. The molecule has 0 aliphatic carbocycles. The van der Waals surface area contributed by atoms with Gasteiger partial charge in [0, 0.05) is 14.3 Å². The second-order valence-electron chi connectivity index (χ2n) is 4.11. The van der Waals surface area contributed by atoms with E-state index in [2.05, 4.69) is 40.2 Å². The van der Waals surface area contributed by atoms with Crippen molar-refractivity contribution in [1.82, 2.24) is 0 Å². The second kappa shape index (κ2) is 7.39. The molecule has 0 saturated carbocycles. The molecule has 4 heteroatoms. The average molecular weight is 355 g/mol. The quantitative estimate of drug-likeness (QED) is 0.599. The first-order chi connectivity index (χ1) is 9.15. The molecule has 0 bridgehead atoms. The third-order valence-electron chi connectivity index (χ3n) is 2.46. The molecule has 19 heavy (non-hydrogen) atoms.